The molecular weight excluding hydrogens is 706 g/mol. The third-order valence-electron chi connectivity index (χ3n) is 8.61. The van der Waals surface area contributed by atoms with Gasteiger partial charge in [-0.25, -0.2) is 4.79 Å². The van der Waals surface area contributed by atoms with E-state index in [0.717, 1.165) is 33.4 Å². The van der Waals surface area contributed by atoms with E-state index in [-0.39, 0.29) is 45.3 Å². The fourth-order valence-corrected chi connectivity index (χ4v) is 5.87. The van der Waals surface area contributed by atoms with Crippen LogP contribution in [0.15, 0.2) is 109 Å². The van der Waals surface area contributed by atoms with Gasteiger partial charge in [-0.1, -0.05) is 109 Å². The standard InChI is InChI=1S/C41H43N5O9/c47-36(23-44-41(52)55-26-34-32-17-9-7-15-30(32)31-16-8-10-18-33(31)34)42-24-38(49)46-35(21-28-11-3-1-4-12-28)40(51)43-22-37(48)45-27-53-20-19-39(50)54-25-29-13-5-2-6-14-29/h1-18,34-35H,19-27H2,(H,42,47)(H,43,51)(H,44,52)(H,45,48)(H,46,49)/t35-/m0/s1. The van der Waals surface area contributed by atoms with E-state index >= 15 is 0 Å². The number of nitrogens with one attached hydrogen (secondary N) is 5. The second kappa shape index (κ2) is 20.6. The quantitative estimate of drug-likeness (QED) is 0.0546. The highest BCUT2D eigenvalue weighted by Gasteiger charge is 2.29. The van der Waals surface area contributed by atoms with Gasteiger partial charge < -0.3 is 40.8 Å². The molecule has 0 saturated carbocycles. The number of carbonyl (C=O) groups is 6. The van der Waals surface area contributed by atoms with Crippen molar-refractivity contribution in [2.75, 3.05) is 39.6 Å². The lowest BCUT2D eigenvalue weighted by molar-refractivity contribution is -0.146. The van der Waals surface area contributed by atoms with E-state index < -0.39 is 61.4 Å². The molecule has 14 nitrogen and oxygen atoms in total. The largest absolute Gasteiger partial charge is 0.461 e. The van der Waals surface area contributed by atoms with Gasteiger partial charge in [0.1, 0.15) is 32.5 Å². The highest BCUT2D eigenvalue weighted by molar-refractivity contribution is 5.92. The minimum Gasteiger partial charge on any atom is -0.461 e. The summed E-state index contributed by atoms with van der Waals surface area (Å²) in [5.74, 6) is -3.07. The number of esters is 1. The molecule has 5 N–H and O–H groups in total. The van der Waals surface area contributed by atoms with Crippen molar-refractivity contribution in [1.82, 2.24) is 26.6 Å². The van der Waals surface area contributed by atoms with Crippen molar-refractivity contribution in [3.8, 4) is 11.1 Å². The molecular formula is C41H43N5O9. The first kappa shape index (κ1) is 39.7. The van der Waals surface area contributed by atoms with Gasteiger partial charge in [0.05, 0.1) is 26.1 Å². The highest BCUT2D eigenvalue weighted by atomic mass is 16.5. The van der Waals surface area contributed by atoms with E-state index in [4.69, 9.17) is 14.2 Å². The Morgan fingerprint density at radius 1 is 0.582 bits per heavy atom. The lowest BCUT2D eigenvalue weighted by atomic mass is 9.98. The van der Waals surface area contributed by atoms with Crippen molar-refractivity contribution >= 4 is 35.7 Å². The molecule has 4 aromatic carbocycles. The lowest BCUT2D eigenvalue weighted by Crippen LogP contribution is -2.52. The first-order chi connectivity index (χ1) is 26.8. The van der Waals surface area contributed by atoms with Crippen LogP contribution in [-0.2, 0) is 51.2 Å². The Bertz CT molecular complexity index is 1900. The average Bonchev–Trinajstić information content (AvgIpc) is 3.53. The smallest absolute Gasteiger partial charge is 0.407 e. The number of ether oxygens (including phenoxy) is 3. The van der Waals surface area contributed by atoms with Crippen molar-refractivity contribution in [3.63, 3.8) is 0 Å². The van der Waals surface area contributed by atoms with Crippen LogP contribution in [0.25, 0.3) is 11.1 Å². The lowest BCUT2D eigenvalue weighted by Gasteiger charge is -2.19. The van der Waals surface area contributed by atoms with Crippen LogP contribution in [0.4, 0.5) is 4.79 Å². The van der Waals surface area contributed by atoms with Crippen LogP contribution >= 0.6 is 0 Å². The first-order valence-electron chi connectivity index (χ1n) is 17.8. The molecule has 0 bridgehead atoms. The molecule has 0 spiro atoms. The monoisotopic (exact) mass is 749 g/mol. The summed E-state index contributed by atoms with van der Waals surface area (Å²) in [6, 6.07) is 33.0. The van der Waals surface area contributed by atoms with Gasteiger partial charge in [0, 0.05) is 12.3 Å². The van der Waals surface area contributed by atoms with Gasteiger partial charge in [-0.2, -0.15) is 0 Å². The van der Waals surface area contributed by atoms with Crippen LogP contribution in [0.1, 0.15) is 34.6 Å². The molecule has 0 unspecified atom stereocenters. The van der Waals surface area contributed by atoms with Crippen LogP contribution in [0.2, 0.25) is 0 Å². The number of amides is 5. The van der Waals surface area contributed by atoms with Crippen molar-refractivity contribution in [2.45, 2.75) is 31.4 Å². The van der Waals surface area contributed by atoms with E-state index in [1.54, 1.807) is 24.3 Å². The predicted molar refractivity (Wildman–Crippen MR) is 201 cm³/mol. The average molecular weight is 750 g/mol. The van der Waals surface area contributed by atoms with Gasteiger partial charge in [0.2, 0.25) is 23.6 Å². The molecule has 1 atom stereocenters. The molecule has 4 aromatic rings. The molecule has 0 fully saturated rings. The van der Waals surface area contributed by atoms with Gasteiger partial charge >= 0.3 is 12.1 Å². The predicted octanol–water partition coefficient (Wildman–Crippen LogP) is 2.71. The van der Waals surface area contributed by atoms with E-state index in [1.165, 1.54) is 0 Å². The van der Waals surface area contributed by atoms with Crippen LogP contribution in [0.3, 0.4) is 0 Å². The Morgan fingerprint density at radius 3 is 1.82 bits per heavy atom. The van der Waals surface area contributed by atoms with Crippen LogP contribution < -0.4 is 26.6 Å². The Hall–Kier alpha value is -6.54. The Morgan fingerprint density at radius 2 is 1.15 bits per heavy atom. The second-order valence-corrected chi connectivity index (χ2v) is 12.5. The second-order valence-electron chi connectivity index (χ2n) is 12.5. The van der Waals surface area contributed by atoms with Crippen LogP contribution in [0, 0.1) is 0 Å². The summed E-state index contributed by atoms with van der Waals surface area (Å²) in [6.07, 6.45) is -0.674. The fourth-order valence-electron chi connectivity index (χ4n) is 5.87. The third-order valence-corrected chi connectivity index (χ3v) is 8.61. The van der Waals surface area contributed by atoms with Crippen LogP contribution in [0.5, 0.6) is 0 Å². The Balaban J connectivity index is 0.986. The summed E-state index contributed by atoms with van der Waals surface area (Å²) in [5, 5.41) is 12.4. The molecule has 14 heteroatoms. The highest BCUT2D eigenvalue weighted by Crippen LogP contribution is 2.44. The van der Waals surface area contributed by atoms with E-state index in [9.17, 15) is 28.8 Å². The Kier molecular flexibility index (Phi) is 14.9. The maximum Gasteiger partial charge on any atom is 0.407 e. The molecule has 1 aliphatic rings. The van der Waals surface area contributed by atoms with E-state index in [1.807, 2.05) is 84.9 Å². The zero-order chi connectivity index (χ0) is 38.8. The molecule has 55 heavy (non-hydrogen) atoms. The Labute approximate surface area is 318 Å². The molecule has 286 valence electrons. The fraction of sp³-hybridized carbons (Fsp3) is 0.268. The van der Waals surface area contributed by atoms with Gasteiger partial charge in [-0.15, -0.1) is 0 Å². The molecule has 0 aliphatic heterocycles. The van der Waals surface area contributed by atoms with Gasteiger partial charge in [0.25, 0.3) is 0 Å². The number of hydrogen-bond donors (Lipinski definition) is 5. The minimum absolute atomic E-state index is 0.00412. The number of alkyl carbamates (subject to hydrolysis) is 1. The van der Waals surface area contributed by atoms with Crippen molar-refractivity contribution in [2.24, 2.45) is 0 Å². The number of hydrogen-bond acceptors (Lipinski definition) is 9. The molecule has 1 aliphatic carbocycles. The maximum atomic E-state index is 13.1. The number of carbonyl (C=O) groups excluding carboxylic acids is 6. The summed E-state index contributed by atoms with van der Waals surface area (Å²) in [6.45, 7) is -1.25. The van der Waals surface area contributed by atoms with Crippen LogP contribution in [-0.4, -0.2) is 81.3 Å². The molecule has 0 saturated heterocycles. The summed E-state index contributed by atoms with van der Waals surface area (Å²) in [4.78, 5) is 75.0. The van der Waals surface area contributed by atoms with Crippen molar-refractivity contribution in [1.29, 1.82) is 0 Å². The maximum absolute atomic E-state index is 13.1. The molecule has 0 heterocycles. The summed E-state index contributed by atoms with van der Waals surface area (Å²) < 4.78 is 15.9. The number of rotatable bonds is 19. The zero-order valence-corrected chi connectivity index (χ0v) is 30.1. The molecule has 5 rings (SSSR count). The third kappa shape index (κ3) is 12.5. The van der Waals surface area contributed by atoms with E-state index in [2.05, 4.69) is 26.6 Å². The normalized spacial score (nSPS) is 11.9. The summed E-state index contributed by atoms with van der Waals surface area (Å²) >= 11 is 0. The van der Waals surface area contributed by atoms with Gasteiger partial charge in [0.15, 0.2) is 0 Å². The van der Waals surface area contributed by atoms with Gasteiger partial charge in [-0.05, 0) is 33.4 Å². The molecule has 0 aromatic heterocycles. The SMILES string of the molecule is O=C(CNC(=O)OCC1c2ccccc2-c2ccccc21)NCC(=O)N[C@@H](Cc1ccccc1)C(=O)NCC(=O)NCOCCC(=O)OCc1ccccc1. The van der Waals surface area contributed by atoms with E-state index in [0.29, 0.717) is 0 Å². The minimum atomic E-state index is -1.07. The first-order valence-corrected chi connectivity index (χ1v) is 17.8. The summed E-state index contributed by atoms with van der Waals surface area (Å²) in [7, 11) is 0. The number of fused-ring (bicyclic) bond motifs is 3. The van der Waals surface area contributed by atoms with Gasteiger partial charge in [-0.3, -0.25) is 24.0 Å². The zero-order valence-electron chi connectivity index (χ0n) is 30.1. The van der Waals surface area contributed by atoms with Crippen molar-refractivity contribution in [3.05, 3.63) is 131 Å². The molecule has 0 radical (unpaired) electrons. The summed E-state index contributed by atoms with van der Waals surface area (Å²) in [5.41, 5.74) is 5.90. The topological polar surface area (TPSA) is 190 Å². The van der Waals surface area contributed by atoms with Crippen molar-refractivity contribution < 1.29 is 43.0 Å². The molecule has 5 amide bonds. The number of benzene rings is 4.